The molecule has 0 fully saturated rings. The van der Waals surface area contributed by atoms with Crippen LogP contribution in [0.5, 0.6) is 0 Å². The van der Waals surface area contributed by atoms with Gasteiger partial charge in [0, 0.05) is 13.1 Å². The molecular weight excluding hydrogens is 196 g/mol. The molecule has 2 rings (SSSR count). The highest BCUT2D eigenvalue weighted by Crippen LogP contribution is 2.17. The average Bonchev–Trinajstić information content (AvgIpc) is 2.64. The van der Waals surface area contributed by atoms with Gasteiger partial charge in [-0.15, -0.1) is 0 Å². The molecule has 0 aromatic carbocycles. The van der Waals surface area contributed by atoms with Crippen LogP contribution in [0.4, 0.5) is 0 Å². The molecule has 0 bridgehead atoms. The monoisotopic (exact) mass is 210 g/mol. The van der Waals surface area contributed by atoms with Crippen LogP contribution in [0.15, 0.2) is 0 Å². The molecule has 0 aliphatic heterocycles. The standard InChI is InChI=1S/C9H14N4S/c1-4-12-8-7(10-9(12)14)6(3)11-13(8)5-2/h4-5H2,1-3H3,(H,10,14). The summed E-state index contributed by atoms with van der Waals surface area (Å²) in [4.78, 5) is 3.20. The van der Waals surface area contributed by atoms with Crippen molar-refractivity contribution in [2.24, 2.45) is 0 Å². The SMILES string of the molecule is CCn1nc(C)c2[nH]c(=S)n(CC)c21. The smallest absolute Gasteiger partial charge is 0.179 e. The van der Waals surface area contributed by atoms with Gasteiger partial charge in [0.1, 0.15) is 5.52 Å². The van der Waals surface area contributed by atoms with E-state index in [1.165, 1.54) is 0 Å². The third-order valence-corrected chi connectivity index (χ3v) is 2.77. The van der Waals surface area contributed by atoms with E-state index in [2.05, 4.69) is 28.5 Å². The second-order valence-corrected chi connectivity index (χ2v) is 3.66. The Labute approximate surface area is 87.5 Å². The maximum atomic E-state index is 5.24. The molecule has 2 heterocycles. The van der Waals surface area contributed by atoms with Crippen molar-refractivity contribution in [2.45, 2.75) is 33.9 Å². The topological polar surface area (TPSA) is 38.5 Å². The molecule has 14 heavy (non-hydrogen) atoms. The highest BCUT2D eigenvalue weighted by molar-refractivity contribution is 7.71. The molecule has 5 heteroatoms. The molecule has 4 nitrogen and oxygen atoms in total. The summed E-state index contributed by atoms with van der Waals surface area (Å²) in [5.41, 5.74) is 3.19. The predicted octanol–water partition coefficient (Wildman–Crippen LogP) is 2.24. The summed E-state index contributed by atoms with van der Waals surface area (Å²) in [5.74, 6) is 0. The molecule has 0 radical (unpaired) electrons. The minimum atomic E-state index is 0.783. The molecule has 2 aromatic heterocycles. The fourth-order valence-corrected chi connectivity index (χ4v) is 2.09. The molecule has 0 atom stereocenters. The highest BCUT2D eigenvalue weighted by Gasteiger charge is 2.12. The number of nitrogens with zero attached hydrogens (tertiary/aromatic N) is 3. The minimum absolute atomic E-state index is 0.783. The van der Waals surface area contributed by atoms with E-state index in [1.54, 1.807) is 0 Å². The second-order valence-electron chi connectivity index (χ2n) is 3.27. The van der Waals surface area contributed by atoms with Crippen LogP contribution < -0.4 is 0 Å². The lowest BCUT2D eigenvalue weighted by Gasteiger charge is -2.01. The molecule has 0 aliphatic rings. The van der Waals surface area contributed by atoms with E-state index in [0.717, 1.165) is 34.7 Å². The number of aromatic nitrogens is 4. The first-order valence-corrected chi connectivity index (χ1v) is 5.25. The van der Waals surface area contributed by atoms with Gasteiger partial charge in [0.15, 0.2) is 10.4 Å². The van der Waals surface area contributed by atoms with Crippen LogP contribution in [0, 0.1) is 11.7 Å². The van der Waals surface area contributed by atoms with Gasteiger partial charge in [0.05, 0.1) is 5.69 Å². The number of aromatic amines is 1. The Morgan fingerprint density at radius 3 is 2.64 bits per heavy atom. The Bertz CT molecular complexity index is 517. The quantitative estimate of drug-likeness (QED) is 0.772. The number of H-pyrrole nitrogens is 1. The first kappa shape index (κ1) is 9.45. The number of imidazole rings is 1. The van der Waals surface area contributed by atoms with E-state index in [1.807, 2.05) is 11.6 Å². The van der Waals surface area contributed by atoms with Crippen LogP contribution in [0.2, 0.25) is 0 Å². The maximum Gasteiger partial charge on any atom is 0.179 e. The normalized spacial score (nSPS) is 11.4. The van der Waals surface area contributed by atoms with E-state index in [-0.39, 0.29) is 0 Å². The van der Waals surface area contributed by atoms with Crippen LogP contribution in [-0.2, 0) is 13.1 Å². The van der Waals surface area contributed by atoms with Crippen molar-refractivity contribution in [3.8, 4) is 0 Å². The molecule has 2 aromatic rings. The van der Waals surface area contributed by atoms with Gasteiger partial charge in [-0.1, -0.05) is 0 Å². The van der Waals surface area contributed by atoms with Gasteiger partial charge in [0.25, 0.3) is 0 Å². The summed E-state index contributed by atoms with van der Waals surface area (Å²) in [5, 5.41) is 4.44. The predicted molar refractivity (Wildman–Crippen MR) is 59.0 cm³/mol. The van der Waals surface area contributed by atoms with Crippen molar-refractivity contribution in [2.75, 3.05) is 0 Å². The Balaban J connectivity index is 2.90. The van der Waals surface area contributed by atoms with Crippen molar-refractivity contribution in [3.05, 3.63) is 10.5 Å². The average molecular weight is 210 g/mol. The van der Waals surface area contributed by atoms with E-state index in [0.29, 0.717) is 0 Å². The number of nitrogens with one attached hydrogen (secondary N) is 1. The number of hydrogen-bond acceptors (Lipinski definition) is 2. The zero-order valence-corrected chi connectivity index (χ0v) is 9.48. The fraction of sp³-hybridized carbons (Fsp3) is 0.556. The lowest BCUT2D eigenvalue weighted by atomic mass is 10.4. The molecule has 0 aliphatic carbocycles. The number of fused-ring (bicyclic) bond motifs is 1. The first-order chi connectivity index (χ1) is 6.69. The summed E-state index contributed by atoms with van der Waals surface area (Å²) in [6, 6.07) is 0. The van der Waals surface area contributed by atoms with Crippen LogP contribution in [-0.4, -0.2) is 19.3 Å². The van der Waals surface area contributed by atoms with E-state index in [4.69, 9.17) is 12.2 Å². The fourth-order valence-electron chi connectivity index (χ4n) is 1.77. The largest absolute Gasteiger partial charge is 0.328 e. The highest BCUT2D eigenvalue weighted by atomic mass is 32.1. The Morgan fingerprint density at radius 2 is 2.07 bits per heavy atom. The third kappa shape index (κ3) is 1.12. The second kappa shape index (κ2) is 3.24. The third-order valence-electron chi connectivity index (χ3n) is 2.45. The summed E-state index contributed by atoms with van der Waals surface area (Å²) >= 11 is 5.24. The zero-order valence-electron chi connectivity index (χ0n) is 8.66. The maximum absolute atomic E-state index is 5.24. The van der Waals surface area contributed by atoms with Crippen LogP contribution >= 0.6 is 12.2 Å². The van der Waals surface area contributed by atoms with Crippen molar-refractivity contribution < 1.29 is 0 Å². The van der Waals surface area contributed by atoms with Gasteiger partial charge in [-0.3, -0.25) is 0 Å². The Morgan fingerprint density at radius 1 is 1.36 bits per heavy atom. The molecule has 0 unspecified atom stereocenters. The van der Waals surface area contributed by atoms with E-state index >= 15 is 0 Å². The minimum Gasteiger partial charge on any atom is -0.328 e. The van der Waals surface area contributed by atoms with Crippen molar-refractivity contribution in [1.82, 2.24) is 19.3 Å². The first-order valence-electron chi connectivity index (χ1n) is 4.85. The van der Waals surface area contributed by atoms with Crippen LogP contribution in [0.25, 0.3) is 11.2 Å². The van der Waals surface area contributed by atoms with Gasteiger partial charge in [-0.25, -0.2) is 4.68 Å². The lowest BCUT2D eigenvalue weighted by molar-refractivity contribution is 0.638. The summed E-state index contributed by atoms with van der Waals surface area (Å²) < 4.78 is 4.85. The molecule has 0 saturated heterocycles. The summed E-state index contributed by atoms with van der Waals surface area (Å²) in [6.45, 7) is 7.92. The van der Waals surface area contributed by atoms with Gasteiger partial charge in [-0.05, 0) is 33.0 Å². The molecule has 0 spiro atoms. The Kier molecular flexibility index (Phi) is 2.19. The molecule has 1 N–H and O–H groups in total. The molecular formula is C9H14N4S. The van der Waals surface area contributed by atoms with Gasteiger partial charge in [-0.2, -0.15) is 5.10 Å². The molecule has 76 valence electrons. The van der Waals surface area contributed by atoms with E-state index in [9.17, 15) is 0 Å². The summed E-state index contributed by atoms with van der Waals surface area (Å²) in [7, 11) is 0. The van der Waals surface area contributed by atoms with E-state index < -0.39 is 0 Å². The lowest BCUT2D eigenvalue weighted by Crippen LogP contribution is -2.03. The molecule has 0 saturated carbocycles. The number of aryl methyl sites for hydroxylation is 3. The summed E-state index contributed by atoms with van der Waals surface area (Å²) in [6.07, 6.45) is 0. The van der Waals surface area contributed by atoms with Gasteiger partial charge in [0.2, 0.25) is 0 Å². The van der Waals surface area contributed by atoms with Gasteiger partial charge < -0.3 is 9.55 Å². The number of rotatable bonds is 2. The van der Waals surface area contributed by atoms with Crippen molar-refractivity contribution in [1.29, 1.82) is 0 Å². The van der Waals surface area contributed by atoms with Crippen LogP contribution in [0.3, 0.4) is 0 Å². The van der Waals surface area contributed by atoms with Crippen molar-refractivity contribution >= 4 is 23.4 Å². The zero-order chi connectivity index (χ0) is 10.3. The Hall–Kier alpha value is -1.10. The molecule has 0 amide bonds. The van der Waals surface area contributed by atoms with Crippen molar-refractivity contribution in [3.63, 3.8) is 0 Å². The van der Waals surface area contributed by atoms with Gasteiger partial charge >= 0.3 is 0 Å². The van der Waals surface area contributed by atoms with Crippen LogP contribution in [0.1, 0.15) is 19.5 Å². The number of hydrogen-bond donors (Lipinski definition) is 1.